The molecule has 15 heavy (non-hydrogen) atoms. The lowest BCUT2D eigenvalue weighted by Crippen LogP contribution is -2.19. The number of rotatable bonds is 4. The van der Waals surface area contributed by atoms with Gasteiger partial charge in [-0.3, -0.25) is 0 Å². The molecule has 0 aliphatic rings. The largest absolute Gasteiger partial charge is 0.397 e. The van der Waals surface area contributed by atoms with E-state index in [2.05, 4.69) is 22.9 Å². The fraction of sp³-hybridized carbons (Fsp3) is 0.455. The van der Waals surface area contributed by atoms with Crippen molar-refractivity contribution in [2.24, 2.45) is 0 Å². The molecule has 0 amide bonds. The van der Waals surface area contributed by atoms with Crippen molar-refractivity contribution < 1.29 is 4.39 Å². The Morgan fingerprint density at radius 3 is 2.73 bits per heavy atom. The summed E-state index contributed by atoms with van der Waals surface area (Å²) >= 11 is 3.11. The number of hydrogen-bond donors (Lipinski definition) is 1. The second kappa shape index (κ2) is 5.35. The molecule has 1 aromatic rings. The van der Waals surface area contributed by atoms with E-state index in [1.54, 1.807) is 6.07 Å². The fourth-order valence-electron chi connectivity index (χ4n) is 1.40. The van der Waals surface area contributed by atoms with E-state index in [4.69, 9.17) is 5.73 Å². The van der Waals surface area contributed by atoms with Crippen molar-refractivity contribution in [2.75, 3.05) is 24.2 Å². The molecule has 0 aromatic heterocycles. The van der Waals surface area contributed by atoms with Crippen LogP contribution in [0, 0.1) is 5.82 Å². The molecule has 84 valence electrons. The first kappa shape index (κ1) is 12.3. The highest BCUT2D eigenvalue weighted by atomic mass is 79.9. The number of nitrogens with two attached hydrogens (primary N) is 1. The van der Waals surface area contributed by atoms with Gasteiger partial charge in [0.2, 0.25) is 0 Å². The van der Waals surface area contributed by atoms with Crippen LogP contribution in [-0.4, -0.2) is 13.6 Å². The minimum Gasteiger partial charge on any atom is -0.397 e. The predicted octanol–water partition coefficient (Wildman–Crippen LogP) is 3.41. The average Bonchev–Trinajstić information content (AvgIpc) is 2.20. The second-order valence-electron chi connectivity index (χ2n) is 3.60. The Kier molecular flexibility index (Phi) is 4.39. The van der Waals surface area contributed by atoms with Gasteiger partial charge in [-0.2, -0.15) is 0 Å². The summed E-state index contributed by atoms with van der Waals surface area (Å²) < 4.78 is 13.7. The van der Waals surface area contributed by atoms with Crippen molar-refractivity contribution in [1.29, 1.82) is 0 Å². The van der Waals surface area contributed by atoms with E-state index in [0.717, 1.165) is 25.1 Å². The van der Waals surface area contributed by atoms with Crippen LogP contribution in [-0.2, 0) is 0 Å². The van der Waals surface area contributed by atoms with E-state index in [-0.39, 0.29) is 5.82 Å². The molecule has 0 aliphatic heterocycles. The van der Waals surface area contributed by atoms with Gasteiger partial charge in [0, 0.05) is 19.7 Å². The molecule has 0 radical (unpaired) electrons. The molecule has 0 saturated heterocycles. The maximum absolute atomic E-state index is 13.3. The summed E-state index contributed by atoms with van der Waals surface area (Å²) in [6.45, 7) is 3.02. The number of nitrogen functional groups attached to an aromatic ring is 1. The SMILES string of the molecule is CCCCN(C)c1cc(F)c(Br)cc1N. The molecule has 1 aromatic carbocycles. The zero-order valence-electron chi connectivity index (χ0n) is 9.06. The van der Waals surface area contributed by atoms with Gasteiger partial charge < -0.3 is 10.6 Å². The third-order valence-electron chi connectivity index (χ3n) is 2.33. The van der Waals surface area contributed by atoms with Gasteiger partial charge in [0.25, 0.3) is 0 Å². The molecule has 0 fully saturated rings. The average molecular weight is 275 g/mol. The van der Waals surface area contributed by atoms with Crippen LogP contribution in [0.15, 0.2) is 16.6 Å². The number of anilines is 2. The lowest BCUT2D eigenvalue weighted by molar-refractivity contribution is 0.620. The van der Waals surface area contributed by atoms with Crippen LogP contribution in [0.4, 0.5) is 15.8 Å². The monoisotopic (exact) mass is 274 g/mol. The van der Waals surface area contributed by atoms with Gasteiger partial charge in [-0.1, -0.05) is 13.3 Å². The normalized spacial score (nSPS) is 10.4. The summed E-state index contributed by atoms with van der Waals surface area (Å²) in [6, 6.07) is 3.07. The van der Waals surface area contributed by atoms with Crippen molar-refractivity contribution in [1.82, 2.24) is 0 Å². The van der Waals surface area contributed by atoms with E-state index < -0.39 is 0 Å². The maximum atomic E-state index is 13.3. The van der Waals surface area contributed by atoms with Crippen LogP contribution in [0.5, 0.6) is 0 Å². The molecule has 0 spiro atoms. The van der Waals surface area contributed by atoms with Crippen LogP contribution >= 0.6 is 15.9 Å². The van der Waals surface area contributed by atoms with Gasteiger partial charge in [-0.15, -0.1) is 0 Å². The molecule has 0 atom stereocenters. The van der Waals surface area contributed by atoms with Crippen molar-refractivity contribution in [2.45, 2.75) is 19.8 Å². The number of nitrogens with zero attached hydrogens (tertiary/aromatic N) is 1. The Morgan fingerprint density at radius 1 is 1.47 bits per heavy atom. The van der Waals surface area contributed by atoms with Crippen molar-refractivity contribution in [3.8, 4) is 0 Å². The highest BCUT2D eigenvalue weighted by molar-refractivity contribution is 9.10. The number of unbranched alkanes of at least 4 members (excludes halogenated alkanes) is 1. The van der Waals surface area contributed by atoms with Crippen LogP contribution < -0.4 is 10.6 Å². The van der Waals surface area contributed by atoms with Gasteiger partial charge >= 0.3 is 0 Å². The maximum Gasteiger partial charge on any atom is 0.139 e. The summed E-state index contributed by atoms with van der Waals surface area (Å²) in [5, 5.41) is 0. The highest BCUT2D eigenvalue weighted by Gasteiger charge is 2.09. The zero-order valence-corrected chi connectivity index (χ0v) is 10.6. The molecule has 1 rings (SSSR count). The third-order valence-corrected chi connectivity index (χ3v) is 2.94. The Bertz CT molecular complexity index is 342. The molecule has 0 saturated carbocycles. The number of halogens is 2. The van der Waals surface area contributed by atoms with Gasteiger partial charge in [0.05, 0.1) is 15.8 Å². The highest BCUT2D eigenvalue weighted by Crippen LogP contribution is 2.28. The van der Waals surface area contributed by atoms with E-state index in [9.17, 15) is 4.39 Å². The van der Waals surface area contributed by atoms with Crippen molar-refractivity contribution >= 4 is 27.3 Å². The van der Waals surface area contributed by atoms with Gasteiger partial charge in [0.15, 0.2) is 0 Å². The molecular weight excluding hydrogens is 259 g/mol. The van der Waals surface area contributed by atoms with E-state index in [1.807, 2.05) is 11.9 Å². The van der Waals surface area contributed by atoms with E-state index in [1.165, 1.54) is 6.07 Å². The van der Waals surface area contributed by atoms with Crippen LogP contribution in [0.25, 0.3) is 0 Å². The molecule has 0 bridgehead atoms. The standard InChI is InChI=1S/C11H16BrFN2/c1-3-4-5-15(2)11-7-9(13)8(12)6-10(11)14/h6-7H,3-5,14H2,1-2H3. The molecular formula is C11H16BrFN2. The van der Waals surface area contributed by atoms with Crippen molar-refractivity contribution in [3.63, 3.8) is 0 Å². The molecule has 2 N–H and O–H groups in total. The molecule has 0 heterocycles. The Balaban J connectivity index is 2.88. The topological polar surface area (TPSA) is 29.3 Å². The van der Waals surface area contributed by atoms with E-state index in [0.29, 0.717) is 10.2 Å². The summed E-state index contributed by atoms with van der Waals surface area (Å²) in [6.07, 6.45) is 2.19. The van der Waals surface area contributed by atoms with Gasteiger partial charge in [-0.25, -0.2) is 4.39 Å². The predicted molar refractivity (Wildman–Crippen MR) is 66.7 cm³/mol. The van der Waals surface area contributed by atoms with Crippen molar-refractivity contribution in [3.05, 3.63) is 22.4 Å². The first-order valence-electron chi connectivity index (χ1n) is 5.02. The smallest absolute Gasteiger partial charge is 0.139 e. The third kappa shape index (κ3) is 3.09. The lowest BCUT2D eigenvalue weighted by atomic mass is 10.2. The zero-order chi connectivity index (χ0) is 11.4. The van der Waals surface area contributed by atoms with Gasteiger partial charge in [0.1, 0.15) is 5.82 Å². The number of benzene rings is 1. The minimum atomic E-state index is -0.275. The minimum absolute atomic E-state index is 0.275. The Labute approximate surface area is 98.4 Å². The summed E-state index contributed by atoms with van der Waals surface area (Å²) in [5.41, 5.74) is 7.18. The quantitative estimate of drug-likeness (QED) is 0.853. The molecule has 4 heteroatoms. The summed E-state index contributed by atoms with van der Waals surface area (Å²) in [7, 11) is 1.93. The summed E-state index contributed by atoms with van der Waals surface area (Å²) in [4.78, 5) is 1.98. The van der Waals surface area contributed by atoms with Crippen LogP contribution in [0.2, 0.25) is 0 Å². The first-order valence-corrected chi connectivity index (χ1v) is 5.81. The fourth-order valence-corrected chi connectivity index (χ4v) is 1.76. The molecule has 0 aliphatic carbocycles. The molecule has 0 unspecified atom stereocenters. The second-order valence-corrected chi connectivity index (χ2v) is 4.45. The summed E-state index contributed by atoms with van der Waals surface area (Å²) in [5.74, 6) is -0.275. The number of hydrogen-bond acceptors (Lipinski definition) is 2. The first-order chi connectivity index (χ1) is 7.06. The molecule has 2 nitrogen and oxygen atoms in total. The van der Waals surface area contributed by atoms with Gasteiger partial charge in [-0.05, 0) is 28.4 Å². The van der Waals surface area contributed by atoms with Crippen LogP contribution in [0.3, 0.4) is 0 Å². The van der Waals surface area contributed by atoms with Crippen LogP contribution in [0.1, 0.15) is 19.8 Å². The Hall–Kier alpha value is -0.770. The Morgan fingerprint density at radius 2 is 2.13 bits per heavy atom. The lowest BCUT2D eigenvalue weighted by Gasteiger charge is -2.21. The van der Waals surface area contributed by atoms with E-state index >= 15 is 0 Å².